The quantitative estimate of drug-likeness (QED) is 0.591. The Morgan fingerprint density at radius 3 is 2.30 bits per heavy atom. The van der Waals surface area contributed by atoms with Gasteiger partial charge >= 0.3 is 0 Å². The van der Waals surface area contributed by atoms with Crippen LogP contribution in [0.3, 0.4) is 0 Å². The van der Waals surface area contributed by atoms with Crippen LogP contribution in [-0.4, -0.2) is 36.9 Å². The van der Waals surface area contributed by atoms with Crippen LogP contribution in [0.2, 0.25) is 10.0 Å². The molecular weight excluding hydrogens is 421 g/mol. The van der Waals surface area contributed by atoms with Crippen molar-refractivity contribution < 1.29 is 9.59 Å². The van der Waals surface area contributed by atoms with E-state index in [0.717, 1.165) is 17.7 Å². The number of nitrogens with one attached hydrogen (secondary N) is 2. The van der Waals surface area contributed by atoms with E-state index in [1.165, 1.54) is 6.07 Å². The van der Waals surface area contributed by atoms with Gasteiger partial charge in [-0.05, 0) is 55.8 Å². The lowest BCUT2D eigenvalue weighted by atomic mass is 10.0. The normalized spacial score (nSPS) is 12.1. The minimum Gasteiger partial charge on any atom is -0.350 e. The highest BCUT2D eigenvalue weighted by atomic mass is 35.5. The standard InChI is InChI=1S/C23H29Cl2N3O2/c1-15(2)11-21(27-22(29)19-10-9-18(24)12-20(19)25)23(30)26-13-16-7-5-6-8-17(16)14-28(3)4/h5-10,12,15,21H,11,13-14H2,1-4H3,(H,26,30)(H,27,29). The van der Waals surface area contributed by atoms with E-state index in [2.05, 4.69) is 21.6 Å². The molecule has 0 aliphatic carbocycles. The van der Waals surface area contributed by atoms with Gasteiger partial charge in [-0.3, -0.25) is 9.59 Å². The number of carbonyl (C=O) groups excluding carboxylic acids is 2. The summed E-state index contributed by atoms with van der Waals surface area (Å²) in [5.74, 6) is -0.393. The number of nitrogens with zero attached hydrogens (tertiary/aromatic N) is 1. The number of rotatable bonds is 9. The van der Waals surface area contributed by atoms with Crippen LogP contribution in [0.1, 0.15) is 41.8 Å². The van der Waals surface area contributed by atoms with Crippen molar-refractivity contribution in [2.24, 2.45) is 5.92 Å². The van der Waals surface area contributed by atoms with Crippen LogP contribution >= 0.6 is 23.2 Å². The lowest BCUT2D eigenvalue weighted by Crippen LogP contribution is -2.47. The van der Waals surface area contributed by atoms with Gasteiger partial charge in [-0.2, -0.15) is 0 Å². The zero-order valence-electron chi connectivity index (χ0n) is 17.8. The van der Waals surface area contributed by atoms with Crippen molar-refractivity contribution in [3.63, 3.8) is 0 Å². The largest absolute Gasteiger partial charge is 0.350 e. The van der Waals surface area contributed by atoms with Gasteiger partial charge in [0.2, 0.25) is 5.91 Å². The molecule has 0 spiro atoms. The van der Waals surface area contributed by atoms with Crippen LogP contribution in [-0.2, 0) is 17.9 Å². The number of halogens is 2. The molecule has 0 fully saturated rings. The van der Waals surface area contributed by atoms with Crippen molar-refractivity contribution >= 4 is 35.0 Å². The summed E-state index contributed by atoms with van der Waals surface area (Å²) in [6.45, 7) is 5.20. The summed E-state index contributed by atoms with van der Waals surface area (Å²) in [6, 6.07) is 12.0. The molecule has 0 heterocycles. The van der Waals surface area contributed by atoms with Gasteiger partial charge in [0.05, 0.1) is 10.6 Å². The fraction of sp³-hybridized carbons (Fsp3) is 0.391. The number of carbonyl (C=O) groups is 2. The van der Waals surface area contributed by atoms with Crippen molar-refractivity contribution in [3.8, 4) is 0 Å². The van der Waals surface area contributed by atoms with E-state index in [-0.39, 0.29) is 16.8 Å². The lowest BCUT2D eigenvalue weighted by molar-refractivity contribution is -0.123. The van der Waals surface area contributed by atoms with E-state index >= 15 is 0 Å². The van der Waals surface area contributed by atoms with Gasteiger partial charge in [0.25, 0.3) is 5.91 Å². The summed E-state index contributed by atoms with van der Waals surface area (Å²) in [6.07, 6.45) is 0.516. The number of hydrogen-bond donors (Lipinski definition) is 2. The van der Waals surface area contributed by atoms with Crippen LogP contribution in [0.15, 0.2) is 42.5 Å². The molecule has 162 valence electrons. The second-order valence-corrected chi connectivity index (χ2v) is 8.85. The molecule has 0 bridgehead atoms. The molecule has 30 heavy (non-hydrogen) atoms. The van der Waals surface area contributed by atoms with E-state index in [4.69, 9.17) is 23.2 Å². The van der Waals surface area contributed by atoms with Crippen LogP contribution in [0.25, 0.3) is 0 Å². The van der Waals surface area contributed by atoms with E-state index in [0.29, 0.717) is 23.6 Å². The minimum atomic E-state index is -0.662. The molecule has 2 aromatic rings. The van der Waals surface area contributed by atoms with Gasteiger partial charge in [0.1, 0.15) is 6.04 Å². The molecule has 0 saturated heterocycles. The van der Waals surface area contributed by atoms with Crippen LogP contribution < -0.4 is 10.6 Å². The van der Waals surface area contributed by atoms with Gasteiger partial charge in [-0.25, -0.2) is 0 Å². The lowest BCUT2D eigenvalue weighted by Gasteiger charge is -2.21. The predicted molar refractivity (Wildman–Crippen MR) is 123 cm³/mol. The second-order valence-electron chi connectivity index (χ2n) is 8.00. The summed E-state index contributed by atoms with van der Waals surface area (Å²) in [4.78, 5) is 27.7. The van der Waals surface area contributed by atoms with Crippen molar-refractivity contribution in [1.29, 1.82) is 0 Å². The van der Waals surface area contributed by atoms with Crippen molar-refractivity contribution in [3.05, 3.63) is 69.2 Å². The Morgan fingerprint density at radius 2 is 1.70 bits per heavy atom. The molecule has 0 radical (unpaired) electrons. The fourth-order valence-electron chi connectivity index (χ4n) is 3.14. The maximum Gasteiger partial charge on any atom is 0.253 e. The average molecular weight is 450 g/mol. The predicted octanol–water partition coefficient (Wildman–Crippen LogP) is 4.52. The number of hydrogen-bond acceptors (Lipinski definition) is 3. The first-order valence-electron chi connectivity index (χ1n) is 9.92. The molecule has 1 unspecified atom stereocenters. The highest BCUT2D eigenvalue weighted by Gasteiger charge is 2.23. The number of benzene rings is 2. The molecule has 2 rings (SSSR count). The first-order chi connectivity index (χ1) is 14.2. The molecule has 0 saturated carbocycles. The summed E-state index contributed by atoms with van der Waals surface area (Å²) < 4.78 is 0. The SMILES string of the molecule is CC(C)CC(NC(=O)c1ccc(Cl)cc1Cl)C(=O)NCc1ccccc1CN(C)C. The van der Waals surface area contributed by atoms with Crippen molar-refractivity contribution in [2.45, 2.75) is 39.4 Å². The van der Waals surface area contributed by atoms with E-state index in [9.17, 15) is 9.59 Å². The molecule has 2 N–H and O–H groups in total. The maximum atomic E-state index is 12.9. The molecule has 5 nitrogen and oxygen atoms in total. The van der Waals surface area contributed by atoms with Crippen LogP contribution in [0.5, 0.6) is 0 Å². The summed E-state index contributed by atoms with van der Waals surface area (Å²) in [5, 5.41) is 6.49. The summed E-state index contributed by atoms with van der Waals surface area (Å²) >= 11 is 12.1. The zero-order chi connectivity index (χ0) is 22.3. The van der Waals surface area contributed by atoms with E-state index in [1.54, 1.807) is 12.1 Å². The molecular formula is C23H29Cl2N3O2. The molecule has 0 aliphatic rings. The Hall–Kier alpha value is -2.08. The maximum absolute atomic E-state index is 12.9. The third-order valence-corrected chi connectivity index (χ3v) is 5.11. The topological polar surface area (TPSA) is 61.4 Å². The highest BCUT2D eigenvalue weighted by molar-refractivity contribution is 6.36. The van der Waals surface area contributed by atoms with Gasteiger partial charge < -0.3 is 15.5 Å². The Kier molecular flexibility index (Phi) is 9.15. The Balaban J connectivity index is 2.09. The number of amides is 2. The Bertz CT molecular complexity index is 885. The third kappa shape index (κ3) is 7.31. The van der Waals surface area contributed by atoms with Crippen LogP contribution in [0.4, 0.5) is 0 Å². The first-order valence-corrected chi connectivity index (χ1v) is 10.7. The summed E-state index contributed by atoms with van der Waals surface area (Å²) in [7, 11) is 4.01. The molecule has 7 heteroatoms. The Morgan fingerprint density at radius 1 is 1.03 bits per heavy atom. The summed E-state index contributed by atoms with van der Waals surface area (Å²) in [5.41, 5.74) is 2.49. The average Bonchev–Trinajstić information content (AvgIpc) is 2.65. The smallest absolute Gasteiger partial charge is 0.253 e. The van der Waals surface area contributed by atoms with Gasteiger partial charge in [0.15, 0.2) is 0 Å². The monoisotopic (exact) mass is 449 g/mol. The highest BCUT2D eigenvalue weighted by Crippen LogP contribution is 2.21. The molecule has 2 amide bonds. The second kappa shape index (κ2) is 11.3. The molecule has 2 aromatic carbocycles. The van der Waals surface area contributed by atoms with Gasteiger partial charge in [-0.1, -0.05) is 61.3 Å². The molecule has 1 atom stereocenters. The van der Waals surface area contributed by atoms with Crippen molar-refractivity contribution in [1.82, 2.24) is 15.5 Å². The first kappa shape index (κ1) is 24.2. The molecule has 0 aliphatic heterocycles. The van der Waals surface area contributed by atoms with Gasteiger partial charge in [-0.15, -0.1) is 0 Å². The minimum absolute atomic E-state index is 0.221. The van der Waals surface area contributed by atoms with Gasteiger partial charge in [0, 0.05) is 18.1 Å². The van der Waals surface area contributed by atoms with E-state index < -0.39 is 11.9 Å². The van der Waals surface area contributed by atoms with E-state index in [1.807, 2.05) is 46.1 Å². The Labute approximate surface area is 188 Å². The van der Waals surface area contributed by atoms with Crippen molar-refractivity contribution in [2.75, 3.05) is 14.1 Å². The zero-order valence-corrected chi connectivity index (χ0v) is 19.3. The third-order valence-electron chi connectivity index (χ3n) is 4.56. The molecule has 0 aromatic heterocycles. The fourth-order valence-corrected chi connectivity index (χ4v) is 3.64. The van der Waals surface area contributed by atoms with Crippen LogP contribution in [0, 0.1) is 5.92 Å².